The molecule has 1 aliphatic carbocycles. The fraction of sp³-hybridized carbons (Fsp3) is 0.806. The van der Waals surface area contributed by atoms with Gasteiger partial charge in [0.05, 0.1) is 25.4 Å². The maximum absolute atomic E-state index is 12.4. The van der Waals surface area contributed by atoms with E-state index in [4.69, 9.17) is 4.74 Å². The van der Waals surface area contributed by atoms with Crippen LogP contribution in [0.2, 0.25) is 0 Å². The minimum Gasteiger partial charge on any atom is -0.464 e. The molecule has 1 aliphatic rings. The molecule has 0 spiro atoms. The van der Waals surface area contributed by atoms with Crippen LogP contribution in [0.15, 0.2) is 12.2 Å². The average Bonchev–Trinajstić information content (AvgIpc) is 3.24. The third-order valence-corrected chi connectivity index (χ3v) is 8.74. The molecule has 0 aromatic heterocycles. The predicted octanol–water partition coefficient (Wildman–Crippen LogP) is 4.47. The molecule has 1 rings (SSSR count). The molecule has 0 saturated heterocycles. The van der Waals surface area contributed by atoms with Gasteiger partial charge in [-0.15, -0.1) is 10.1 Å². The minimum absolute atomic E-state index is 0.00977. The van der Waals surface area contributed by atoms with Crippen LogP contribution in [0.25, 0.3) is 0 Å². The van der Waals surface area contributed by atoms with Gasteiger partial charge in [-0.1, -0.05) is 56.5 Å². The van der Waals surface area contributed by atoms with Crippen molar-refractivity contribution >= 4 is 34.5 Å². The summed E-state index contributed by atoms with van der Waals surface area (Å²) in [6.07, 6.45) is 13.0. The van der Waals surface area contributed by atoms with E-state index in [1.54, 1.807) is 0 Å². The summed E-state index contributed by atoms with van der Waals surface area (Å²) in [6.45, 7) is 3.33. The first kappa shape index (κ1) is 39.5. The van der Waals surface area contributed by atoms with Gasteiger partial charge in [-0.2, -0.15) is 0 Å². The number of hydrogen-bond acceptors (Lipinski definition) is 11. The number of nitrogens with one attached hydrogen (secondary N) is 1. The molecular weight excluding hydrogens is 592 g/mol. The van der Waals surface area contributed by atoms with E-state index in [1.165, 1.54) is 19.8 Å². The van der Waals surface area contributed by atoms with E-state index in [0.717, 1.165) is 31.0 Å². The second kappa shape index (κ2) is 23.8. The number of hydrogen-bond donors (Lipinski definition) is 3. The summed E-state index contributed by atoms with van der Waals surface area (Å²) in [5, 5.41) is 32.5. The highest BCUT2D eigenvalue weighted by atomic mass is 32.2. The zero-order chi connectivity index (χ0) is 32.7. The number of ether oxygens (including phenoxy) is 1. The Hall–Kier alpha value is -2.51. The summed E-state index contributed by atoms with van der Waals surface area (Å²) in [5.41, 5.74) is 0. The maximum atomic E-state index is 12.4. The van der Waals surface area contributed by atoms with E-state index in [1.807, 2.05) is 12.2 Å². The van der Waals surface area contributed by atoms with Crippen LogP contribution in [0.4, 0.5) is 0 Å². The molecule has 0 aromatic rings. The smallest absolute Gasteiger partial charge is 0.329 e. The van der Waals surface area contributed by atoms with Crippen LogP contribution >= 0.6 is 11.8 Å². The van der Waals surface area contributed by atoms with E-state index in [9.17, 15) is 39.5 Å². The summed E-state index contributed by atoms with van der Waals surface area (Å²) in [6, 6.07) is -0.987. The molecule has 1 saturated carbocycles. The van der Waals surface area contributed by atoms with Gasteiger partial charge in [-0.3, -0.25) is 14.4 Å². The zero-order valence-electron chi connectivity index (χ0n) is 26.3. The first-order chi connectivity index (χ1) is 21.0. The Morgan fingerprint density at radius 3 is 2.36 bits per heavy atom. The number of unbranched alkanes of at least 4 members (excludes halogenated alkanes) is 6. The Kier molecular flexibility index (Phi) is 21.4. The molecule has 0 aliphatic heterocycles. The van der Waals surface area contributed by atoms with E-state index >= 15 is 0 Å². The molecular formula is C31H52N2O10S. The number of ketones is 1. The molecule has 13 heteroatoms. The van der Waals surface area contributed by atoms with Gasteiger partial charge in [0.15, 0.2) is 5.12 Å². The van der Waals surface area contributed by atoms with Crippen LogP contribution in [0.3, 0.4) is 0 Å². The number of thioether (sulfide) groups is 1. The van der Waals surface area contributed by atoms with Crippen LogP contribution < -0.4 is 5.32 Å². The van der Waals surface area contributed by atoms with E-state index < -0.39 is 35.2 Å². The Labute approximate surface area is 265 Å². The topological polar surface area (TPSA) is 182 Å². The number of nitrogens with zero attached hydrogens (tertiary/aromatic N) is 1. The number of rotatable bonds is 25. The normalized spacial score (nSPS) is 20.4. The lowest BCUT2D eigenvalue weighted by Crippen LogP contribution is -2.43. The lowest BCUT2D eigenvalue weighted by molar-refractivity contribution is -0.757. The zero-order valence-corrected chi connectivity index (χ0v) is 27.1. The Morgan fingerprint density at radius 2 is 1.66 bits per heavy atom. The quantitative estimate of drug-likeness (QED) is 0.0419. The van der Waals surface area contributed by atoms with Crippen molar-refractivity contribution in [3.63, 3.8) is 0 Å². The third-order valence-electron chi connectivity index (χ3n) is 7.72. The lowest BCUT2D eigenvalue weighted by atomic mass is 9.86. The van der Waals surface area contributed by atoms with Crippen molar-refractivity contribution in [3.05, 3.63) is 22.3 Å². The Balaban J connectivity index is 2.34. The second-order valence-corrected chi connectivity index (χ2v) is 12.5. The van der Waals surface area contributed by atoms with Gasteiger partial charge in [0, 0.05) is 31.9 Å². The van der Waals surface area contributed by atoms with Crippen molar-refractivity contribution in [3.8, 4) is 0 Å². The van der Waals surface area contributed by atoms with E-state index in [0.29, 0.717) is 57.8 Å². The highest BCUT2D eigenvalue weighted by molar-refractivity contribution is 8.13. The number of aliphatic hydroxyl groups is 2. The third kappa shape index (κ3) is 18.3. The molecule has 1 unspecified atom stereocenters. The fourth-order valence-corrected chi connectivity index (χ4v) is 6.16. The number of aliphatic hydroxyl groups excluding tert-OH is 2. The summed E-state index contributed by atoms with van der Waals surface area (Å²) < 4.78 is 5.12. The van der Waals surface area contributed by atoms with Crippen molar-refractivity contribution in [1.29, 1.82) is 0 Å². The van der Waals surface area contributed by atoms with Gasteiger partial charge < -0.3 is 25.1 Å². The highest BCUT2D eigenvalue weighted by Gasteiger charge is 2.40. The minimum atomic E-state index is -0.987. The molecule has 0 radical (unpaired) electrons. The Bertz CT molecular complexity index is 916. The summed E-state index contributed by atoms with van der Waals surface area (Å²) in [5.74, 6) is -1.07. The van der Waals surface area contributed by atoms with Crippen molar-refractivity contribution in [2.75, 3.05) is 19.0 Å². The average molecular weight is 645 g/mol. The van der Waals surface area contributed by atoms with E-state index in [-0.39, 0.29) is 48.1 Å². The van der Waals surface area contributed by atoms with Crippen LogP contribution in [0, 0.1) is 22.0 Å². The van der Waals surface area contributed by atoms with Crippen LogP contribution in [-0.4, -0.2) is 75.3 Å². The molecule has 44 heavy (non-hydrogen) atoms. The number of esters is 1. The summed E-state index contributed by atoms with van der Waals surface area (Å²) in [7, 11) is 0. The van der Waals surface area contributed by atoms with Crippen molar-refractivity contribution in [2.45, 2.75) is 128 Å². The first-order valence-corrected chi connectivity index (χ1v) is 16.9. The maximum Gasteiger partial charge on any atom is 0.329 e. The second-order valence-electron chi connectivity index (χ2n) is 11.4. The summed E-state index contributed by atoms with van der Waals surface area (Å²) >= 11 is 0.944. The van der Waals surface area contributed by atoms with Gasteiger partial charge in [-0.05, 0) is 63.2 Å². The van der Waals surface area contributed by atoms with Crippen molar-refractivity contribution in [2.24, 2.45) is 11.8 Å². The molecule has 12 nitrogen and oxygen atoms in total. The standard InChI is InChI=1S/C31H52N2O10S/c1-3-4-5-6-9-14-24(35)17-18-26-25(28(36)21-29(26)37)15-10-7-8-11-16-30(38)44-22-27(32-23(2)34)31(39)42-19-12-13-20-43-33(40)41/h7,10,25-29,36-37H,3-6,8-9,11-22H2,1-2H3,(H,32,34)/t25-,26-,27?,28+,29-/m1/s1. The fourth-order valence-electron chi connectivity index (χ4n) is 5.30. The SMILES string of the molecule is CCCCCCCC(=O)CC[C@@H]1[C@@H](CC=CCCCC(=O)SCC(NC(C)=O)C(=O)OCCCCO[N+](=O)[O-])[C@@H](O)C[C@H]1O. The largest absolute Gasteiger partial charge is 0.464 e. The lowest BCUT2D eigenvalue weighted by Gasteiger charge is -2.22. The van der Waals surface area contributed by atoms with Crippen LogP contribution in [0.5, 0.6) is 0 Å². The molecule has 0 aromatic carbocycles. The molecule has 252 valence electrons. The predicted molar refractivity (Wildman–Crippen MR) is 167 cm³/mol. The molecule has 3 N–H and O–H groups in total. The Morgan fingerprint density at radius 1 is 0.955 bits per heavy atom. The molecule has 0 heterocycles. The van der Waals surface area contributed by atoms with E-state index in [2.05, 4.69) is 17.1 Å². The van der Waals surface area contributed by atoms with Crippen molar-refractivity contribution in [1.82, 2.24) is 5.32 Å². The van der Waals surface area contributed by atoms with Gasteiger partial charge in [0.2, 0.25) is 5.91 Å². The van der Waals surface area contributed by atoms with Gasteiger partial charge in [0.1, 0.15) is 11.8 Å². The van der Waals surface area contributed by atoms with Crippen LogP contribution in [0.1, 0.15) is 110 Å². The van der Waals surface area contributed by atoms with Crippen LogP contribution in [-0.2, 0) is 28.8 Å². The first-order valence-electron chi connectivity index (χ1n) is 15.9. The van der Waals surface area contributed by atoms with Gasteiger partial charge in [-0.25, -0.2) is 4.79 Å². The molecule has 1 amide bonds. The number of carbonyl (C=O) groups excluding carboxylic acids is 4. The molecule has 1 fully saturated rings. The molecule has 0 bridgehead atoms. The molecule has 5 atom stereocenters. The number of Topliss-reactive ketones (excluding diaryl/α,β-unsaturated/α-hetero) is 1. The number of allylic oxidation sites excluding steroid dienone is 2. The van der Waals surface area contributed by atoms with Gasteiger partial charge >= 0.3 is 5.97 Å². The highest BCUT2D eigenvalue weighted by Crippen LogP contribution is 2.38. The van der Waals surface area contributed by atoms with Crippen molar-refractivity contribution < 1.29 is 44.1 Å². The summed E-state index contributed by atoms with van der Waals surface area (Å²) in [4.78, 5) is 62.8. The monoisotopic (exact) mass is 644 g/mol. The number of carbonyl (C=O) groups is 4. The van der Waals surface area contributed by atoms with Gasteiger partial charge in [0.25, 0.3) is 5.09 Å². The number of amides is 1.